The molecule has 4 rings (SSSR count). The number of aryl methyl sites for hydroxylation is 2. The molecule has 0 unspecified atom stereocenters. The number of para-hydroxylation sites is 1. The molecule has 2 heterocycles. The van der Waals surface area contributed by atoms with Gasteiger partial charge in [-0.1, -0.05) is 35.9 Å². The molecule has 35 heavy (non-hydrogen) atoms. The van der Waals surface area contributed by atoms with Crippen molar-refractivity contribution in [2.75, 3.05) is 18.5 Å². The van der Waals surface area contributed by atoms with Gasteiger partial charge in [0.25, 0.3) is 0 Å². The molecule has 0 saturated carbocycles. The largest absolute Gasteiger partial charge is 0.494 e. The second-order valence-corrected chi connectivity index (χ2v) is 8.17. The quantitative estimate of drug-likeness (QED) is 0.272. The van der Waals surface area contributed by atoms with Gasteiger partial charge >= 0.3 is 5.97 Å². The number of pyridine rings is 1. The van der Waals surface area contributed by atoms with E-state index in [0.29, 0.717) is 18.8 Å². The zero-order valence-electron chi connectivity index (χ0n) is 20.1. The number of benzene rings is 2. The first-order valence-corrected chi connectivity index (χ1v) is 11.6. The number of hydrogen-bond acceptors (Lipinski definition) is 6. The molecule has 2 aromatic heterocycles. The van der Waals surface area contributed by atoms with E-state index in [1.54, 1.807) is 6.92 Å². The second-order valence-electron chi connectivity index (χ2n) is 8.17. The van der Waals surface area contributed by atoms with Gasteiger partial charge in [-0.15, -0.1) is 0 Å². The van der Waals surface area contributed by atoms with Gasteiger partial charge in [-0.05, 0) is 57.0 Å². The summed E-state index contributed by atoms with van der Waals surface area (Å²) >= 11 is 0. The first-order valence-electron chi connectivity index (χ1n) is 11.6. The third kappa shape index (κ3) is 5.66. The van der Waals surface area contributed by atoms with Crippen LogP contribution in [0.4, 0.5) is 5.82 Å². The molecule has 0 aliphatic rings. The lowest BCUT2D eigenvalue weighted by Crippen LogP contribution is -2.19. The van der Waals surface area contributed by atoms with Crippen LogP contribution in [0.15, 0.2) is 60.8 Å². The number of hydrogen-bond donors (Lipinski definition) is 1. The summed E-state index contributed by atoms with van der Waals surface area (Å²) in [6, 6.07) is 17.4. The number of esters is 1. The van der Waals surface area contributed by atoms with Crippen molar-refractivity contribution in [3.63, 3.8) is 0 Å². The van der Waals surface area contributed by atoms with Crippen molar-refractivity contribution in [3.8, 4) is 11.6 Å². The number of ether oxygens (including phenoxy) is 2. The molecule has 2 aromatic carbocycles. The summed E-state index contributed by atoms with van der Waals surface area (Å²) in [6.45, 7) is 6.32. The van der Waals surface area contributed by atoms with Crippen LogP contribution >= 0.6 is 0 Å². The molecule has 1 amide bonds. The fourth-order valence-electron chi connectivity index (χ4n) is 3.69. The minimum atomic E-state index is -0.561. The van der Waals surface area contributed by atoms with E-state index in [0.717, 1.165) is 27.8 Å². The van der Waals surface area contributed by atoms with Gasteiger partial charge in [0.1, 0.15) is 11.3 Å². The summed E-state index contributed by atoms with van der Waals surface area (Å²) in [5, 5.41) is 8.21. The Morgan fingerprint density at radius 2 is 1.83 bits per heavy atom. The van der Waals surface area contributed by atoms with E-state index in [4.69, 9.17) is 9.47 Å². The van der Waals surface area contributed by atoms with Gasteiger partial charge in [0.2, 0.25) is 5.91 Å². The summed E-state index contributed by atoms with van der Waals surface area (Å²) in [6.07, 6.45) is 2.11. The highest BCUT2D eigenvalue weighted by Gasteiger charge is 2.22. The van der Waals surface area contributed by atoms with Crippen molar-refractivity contribution < 1.29 is 19.1 Å². The topological polar surface area (TPSA) is 95.3 Å². The maximum absolute atomic E-state index is 12.8. The number of rotatable bonds is 9. The van der Waals surface area contributed by atoms with Crippen LogP contribution in [0.1, 0.15) is 41.3 Å². The molecule has 180 valence electrons. The Balaban J connectivity index is 1.52. The van der Waals surface area contributed by atoms with Gasteiger partial charge < -0.3 is 14.8 Å². The number of amides is 1. The van der Waals surface area contributed by atoms with E-state index < -0.39 is 5.97 Å². The fourth-order valence-corrected chi connectivity index (χ4v) is 3.69. The van der Waals surface area contributed by atoms with Crippen LogP contribution in [0.3, 0.4) is 0 Å². The second kappa shape index (κ2) is 10.8. The lowest BCUT2D eigenvalue weighted by molar-refractivity contribution is -0.116. The molecule has 0 fully saturated rings. The van der Waals surface area contributed by atoms with Gasteiger partial charge in [0, 0.05) is 11.8 Å². The van der Waals surface area contributed by atoms with E-state index in [-0.39, 0.29) is 30.3 Å². The highest BCUT2D eigenvalue weighted by atomic mass is 16.5. The van der Waals surface area contributed by atoms with Gasteiger partial charge in [-0.3, -0.25) is 4.79 Å². The van der Waals surface area contributed by atoms with E-state index in [1.165, 1.54) is 10.9 Å². The van der Waals surface area contributed by atoms with Gasteiger partial charge in [-0.25, -0.2) is 9.78 Å². The standard InChI is InChI=1S/C27H28N4O4/c1-4-34-27(33)22-17-28-31(24-16-19(3)21-8-5-6-9-23(21)29-24)26(22)30-25(32)10-7-15-35-20-13-11-18(2)12-14-20/h5-6,8-9,11-14,16-17H,4,7,10,15H2,1-3H3,(H,30,32). The number of fused-ring (bicyclic) bond motifs is 1. The van der Waals surface area contributed by atoms with Crippen LogP contribution in [0.2, 0.25) is 0 Å². The SMILES string of the molecule is CCOC(=O)c1cnn(-c2cc(C)c3ccccc3n2)c1NC(=O)CCCOc1ccc(C)cc1. The molecule has 8 nitrogen and oxygen atoms in total. The number of aromatic nitrogens is 3. The summed E-state index contributed by atoms with van der Waals surface area (Å²) in [5.74, 6) is 0.665. The number of nitrogens with one attached hydrogen (secondary N) is 1. The summed E-state index contributed by atoms with van der Waals surface area (Å²) in [7, 11) is 0. The van der Waals surface area contributed by atoms with E-state index in [1.807, 2.05) is 68.4 Å². The molecule has 0 bridgehead atoms. The lowest BCUT2D eigenvalue weighted by Gasteiger charge is -2.12. The van der Waals surface area contributed by atoms with Gasteiger partial charge in [-0.2, -0.15) is 9.78 Å². The highest BCUT2D eigenvalue weighted by molar-refractivity contribution is 6.00. The lowest BCUT2D eigenvalue weighted by atomic mass is 10.1. The average molecular weight is 473 g/mol. The summed E-state index contributed by atoms with van der Waals surface area (Å²) in [4.78, 5) is 30.0. The maximum Gasteiger partial charge on any atom is 0.343 e. The van der Waals surface area contributed by atoms with Crippen molar-refractivity contribution in [1.82, 2.24) is 14.8 Å². The number of nitrogens with zero attached hydrogens (tertiary/aromatic N) is 3. The average Bonchev–Trinajstić information content (AvgIpc) is 3.26. The molecule has 0 aliphatic carbocycles. The minimum absolute atomic E-state index is 0.170. The zero-order chi connectivity index (χ0) is 24.8. The smallest absolute Gasteiger partial charge is 0.343 e. The third-order valence-electron chi connectivity index (χ3n) is 5.49. The predicted molar refractivity (Wildman–Crippen MR) is 134 cm³/mol. The molecule has 0 atom stereocenters. The molecular weight excluding hydrogens is 444 g/mol. The molecule has 8 heteroatoms. The monoisotopic (exact) mass is 472 g/mol. The Morgan fingerprint density at radius 3 is 2.60 bits per heavy atom. The van der Waals surface area contributed by atoms with Crippen LogP contribution in [-0.4, -0.2) is 39.9 Å². The van der Waals surface area contributed by atoms with Crippen molar-refractivity contribution >= 4 is 28.6 Å². The summed E-state index contributed by atoms with van der Waals surface area (Å²) in [5.41, 5.74) is 3.12. The van der Waals surface area contributed by atoms with Crippen LogP contribution in [0.5, 0.6) is 5.75 Å². The third-order valence-corrected chi connectivity index (χ3v) is 5.49. The van der Waals surface area contributed by atoms with Crippen molar-refractivity contribution in [1.29, 1.82) is 0 Å². The molecule has 0 saturated heterocycles. The number of anilines is 1. The van der Waals surface area contributed by atoms with Crippen LogP contribution in [-0.2, 0) is 9.53 Å². The number of carbonyl (C=O) groups is 2. The van der Waals surface area contributed by atoms with Crippen LogP contribution in [0.25, 0.3) is 16.7 Å². The Hall–Kier alpha value is -4.20. The Kier molecular flexibility index (Phi) is 7.40. The van der Waals surface area contributed by atoms with Crippen molar-refractivity contribution in [2.45, 2.75) is 33.6 Å². The van der Waals surface area contributed by atoms with Gasteiger partial charge in [0.05, 0.1) is 24.9 Å². The first-order chi connectivity index (χ1) is 17.0. The Labute approximate surface area is 203 Å². The number of carbonyl (C=O) groups excluding carboxylic acids is 2. The van der Waals surface area contributed by atoms with E-state index >= 15 is 0 Å². The van der Waals surface area contributed by atoms with E-state index in [9.17, 15) is 9.59 Å². The van der Waals surface area contributed by atoms with Crippen molar-refractivity contribution in [2.24, 2.45) is 0 Å². The van der Waals surface area contributed by atoms with Crippen LogP contribution < -0.4 is 10.1 Å². The highest BCUT2D eigenvalue weighted by Crippen LogP contribution is 2.24. The summed E-state index contributed by atoms with van der Waals surface area (Å²) < 4.78 is 12.3. The molecular formula is C27H28N4O4. The molecule has 0 aliphatic heterocycles. The molecule has 1 N–H and O–H groups in total. The zero-order valence-corrected chi connectivity index (χ0v) is 20.1. The minimum Gasteiger partial charge on any atom is -0.494 e. The first kappa shape index (κ1) is 23.9. The van der Waals surface area contributed by atoms with Gasteiger partial charge in [0.15, 0.2) is 11.6 Å². The molecule has 0 spiro atoms. The van der Waals surface area contributed by atoms with Crippen LogP contribution in [0, 0.1) is 13.8 Å². The normalized spacial score (nSPS) is 10.8. The molecule has 4 aromatic rings. The maximum atomic E-state index is 12.8. The fraction of sp³-hybridized carbons (Fsp3) is 0.259. The molecule has 0 radical (unpaired) electrons. The Bertz CT molecular complexity index is 1350. The van der Waals surface area contributed by atoms with Crippen molar-refractivity contribution in [3.05, 3.63) is 77.5 Å². The van der Waals surface area contributed by atoms with E-state index in [2.05, 4.69) is 15.4 Å². The predicted octanol–water partition coefficient (Wildman–Crippen LogP) is 5.01. The Morgan fingerprint density at radius 1 is 1.06 bits per heavy atom.